The number of nitrogens with two attached hydrogens (primary N) is 1. The second kappa shape index (κ2) is 7.84. The molecular weight excluding hydrogens is 395 g/mol. The summed E-state index contributed by atoms with van der Waals surface area (Å²) in [5.74, 6) is 0. The van der Waals surface area contributed by atoms with Crippen molar-refractivity contribution in [3.63, 3.8) is 0 Å². The lowest BCUT2D eigenvalue weighted by Gasteiger charge is -2.26. The molecular formula is C13H19Br2ClN2O. The first kappa shape index (κ1) is 17.2. The summed E-state index contributed by atoms with van der Waals surface area (Å²) in [4.78, 5) is 0. The third-order valence-corrected chi connectivity index (χ3v) is 4.57. The van der Waals surface area contributed by atoms with Gasteiger partial charge in [0.05, 0.1) is 11.8 Å². The molecule has 1 aromatic carbocycles. The Morgan fingerprint density at radius 1 is 1.21 bits per heavy atom. The SMILES string of the molecule is Cl.Nc1c(Br)cc(Br)cc1CNC1CCC(O)CC1. The first-order chi connectivity index (χ1) is 8.56. The molecule has 0 atom stereocenters. The van der Waals surface area contributed by atoms with Gasteiger partial charge in [-0.1, -0.05) is 15.9 Å². The van der Waals surface area contributed by atoms with Gasteiger partial charge in [0.1, 0.15) is 0 Å². The number of aliphatic hydroxyl groups is 1. The number of nitrogen functional groups attached to an aromatic ring is 1. The molecule has 4 N–H and O–H groups in total. The molecule has 1 saturated carbocycles. The van der Waals surface area contributed by atoms with Gasteiger partial charge < -0.3 is 16.2 Å². The summed E-state index contributed by atoms with van der Waals surface area (Å²) in [5.41, 5.74) is 7.93. The zero-order valence-electron chi connectivity index (χ0n) is 10.5. The van der Waals surface area contributed by atoms with Crippen molar-refractivity contribution in [3.05, 3.63) is 26.6 Å². The molecule has 19 heavy (non-hydrogen) atoms. The predicted molar refractivity (Wildman–Crippen MR) is 88.6 cm³/mol. The van der Waals surface area contributed by atoms with Gasteiger partial charge in [-0.25, -0.2) is 0 Å². The minimum Gasteiger partial charge on any atom is -0.398 e. The van der Waals surface area contributed by atoms with Gasteiger partial charge in [-0.3, -0.25) is 0 Å². The molecule has 0 saturated heterocycles. The molecule has 108 valence electrons. The van der Waals surface area contributed by atoms with Crippen molar-refractivity contribution >= 4 is 50.0 Å². The number of halogens is 3. The van der Waals surface area contributed by atoms with E-state index in [-0.39, 0.29) is 18.5 Å². The average molecular weight is 415 g/mol. The van der Waals surface area contributed by atoms with Crippen LogP contribution in [0.2, 0.25) is 0 Å². The smallest absolute Gasteiger partial charge is 0.0541 e. The van der Waals surface area contributed by atoms with E-state index in [1.54, 1.807) is 0 Å². The molecule has 0 aromatic heterocycles. The highest BCUT2D eigenvalue weighted by molar-refractivity contribution is 9.11. The molecule has 0 aliphatic heterocycles. The summed E-state index contributed by atoms with van der Waals surface area (Å²) >= 11 is 6.93. The van der Waals surface area contributed by atoms with E-state index in [2.05, 4.69) is 37.2 Å². The van der Waals surface area contributed by atoms with E-state index >= 15 is 0 Å². The summed E-state index contributed by atoms with van der Waals surface area (Å²) < 4.78 is 1.95. The Balaban J connectivity index is 0.00000180. The summed E-state index contributed by atoms with van der Waals surface area (Å²) in [7, 11) is 0. The second-order valence-corrected chi connectivity index (χ2v) is 6.62. The maximum atomic E-state index is 9.47. The van der Waals surface area contributed by atoms with Gasteiger partial charge in [-0.05, 0) is 59.3 Å². The average Bonchev–Trinajstić information content (AvgIpc) is 2.34. The van der Waals surface area contributed by atoms with E-state index in [1.807, 2.05) is 12.1 Å². The molecule has 1 fully saturated rings. The van der Waals surface area contributed by atoms with Gasteiger partial charge in [-0.2, -0.15) is 0 Å². The third-order valence-electron chi connectivity index (χ3n) is 3.46. The Morgan fingerprint density at radius 3 is 2.47 bits per heavy atom. The van der Waals surface area contributed by atoms with E-state index in [0.29, 0.717) is 6.04 Å². The van der Waals surface area contributed by atoms with E-state index in [1.165, 1.54) is 0 Å². The van der Waals surface area contributed by atoms with Crippen LogP contribution in [0.4, 0.5) is 5.69 Å². The second-order valence-electron chi connectivity index (χ2n) is 4.85. The lowest BCUT2D eigenvalue weighted by atomic mass is 9.93. The normalized spacial score (nSPS) is 22.9. The van der Waals surface area contributed by atoms with Crippen LogP contribution in [0.15, 0.2) is 21.1 Å². The molecule has 0 radical (unpaired) electrons. The zero-order chi connectivity index (χ0) is 13.1. The predicted octanol–water partition coefficient (Wildman–Crippen LogP) is 3.61. The number of benzene rings is 1. The fourth-order valence-corrected chi connectivity index (χ4v) is 3.63. The van der Waals surface area contributed by atoms with Gasteiger partial charge in [-0.15, -0.1) is 12.4 Å². The summed E-state index contributed by atoms with van der Waals surface area (Å²) in [5, 5.41) is 13.0. The number of aliphatic hydroxyl groups excluding tert-OH is 1. The van der Waals surface area contributed by atoms with E-state index in [0.717, 1.165) is 52.4 Å². The monoisotopic (exact) mass is 412 g/mol. The summed E-state index contributed by atoms with van der Waals surface area (Å²) in [6, 6.07) is 4.49. The quantitative estimate of drug-likeness (QED) is 0.663. The highest BCUT2D eigenvalue weighted by Gasteiger charge is 2.19. The molecule has 0 amide bonds. The molecule has 0 heterocycles. The first-order valence-corrected chi connectivity index (χ1v) is 7.79. The van der Waals surface area contributed by atoms with E-state index < -0.39 is 0 Å². The third kappa shape index (κ3) is 4.90. The van der Waals surface area contributed by atoms with Crippen LogP contribution in [-0.4, -0.2) is 17.3 Å². The Bertz CT molecular complexity index is 423. The van der Waals surface area contributed by atoms with Crippen molar-refractivity contribution in [2.45, 2.75) is 44.4 Å². The van der Waals surface area contributed by atoms with Gasteiger partial charge in [0.15, 0.2) is 0 Å². The number of anilines is 1. The van der Waals surface area contributed by atoms with Crippen LogP contribution >= 0.6 is 44.3 Å². The van der Waals surface area contributed by atoms with Crippen LogP contribution in [0, 0.1) is 0 Å². The molecule has 0 unspecified atom stereocenters. The van der Waals surface area contributed by atoms with Crippen molar-refractivity contribution in [3.8, 4) is 0 Å². The van der Waals surface area contributed by atoms with Gasteiger partial charge in [0, 0.05) is 21.5 Å². The lowest BCUT2D eigenvalue weighted by Crippen LogP contribution is -2.34. The van der Waals surface area contributed by atoms with Crippen LogP contribution in [0.3, 0.4) is 0 Å². The summed E-state index contributed by atoms with van der Waals surface area (Å²) in [6.07, 6.45) is 3.77. The molecule has 1 aromatic rings. The Hall–Kier alpha value is 0.190. The molecule has 1 aliphatic rings. The molecule has 0 bridgehead atoms. The zero-order valence-corrected chi connectivity index (χ0v) is 14.5. The molecule has 2 rings (SSSR count). The topological polar surface area (TPSA) is 58.3 Å². The maximum absolute atomic E-state index is 9.47. The molecule has 0 spiro atoms. The van der Waals surface area contributed by atoms with E-state index in [4.69, 9.17) is 5.73 Å². The lowest BCUT2D eigenvalue weighted by molar-refractivity contribution is 0.116. The van der Waals surface area contributed by atoms with Crippen molar-refractivity contribution in [2.24, 2.45) is 0 Å². The highest BCUT2D eigenvalue weighted by atomic mass is 79.9. The minimum atomic E-state index is -0.104. The summed E-state index contributed by atoms with van der Waals surface area (Å²) in [6.45, 7) is 0.768. The van der Waals surface area contributed by atoms with Gasteiger partial charge in [0.25, 0.3) is 0 Å². The van der Waals surface area contributed by atoms with Crippen molar-refractivity contribution in [2.75, 3.05) is 5.73 Å². The molecule has 3 nitrogen and oxygen atoms in total. The highest BCUT2D eigenvalue weighted by Crippen LogP contribution is 2.28. The molecule has 6 heteroatoms. The van der Waals surface area contributed by atoms with Gasteiger partial charge in [0.2, 0.25) is 0 Å². The van der Waals surface area contributed by atoms with Crippen LogP contribution in [0.5, 0.6) is 0 Å². The van der Waals surface area contributed by atoms with Crippen molar-refractivity contribution < 1.29 is 5.11 Å². The Morgan fingerprint density at radius 2 is 1.84 bits per heavy atom. The number of rotatable bonds is 3. The van der Waals surface area contributed by atoms with Gasteiger partial charge >= 0.3 is 0 Å². The van der Waals surface area contributed by atoms with Crippen molar-refractivity contribution in [1.82, 2.24) is 5.32 Å². The van der Waals surface area contributed by atoms with Crippen LogP contribution in [0.1, 0.15) is 31.2 Å². The largest absolute Gasteiger partial charge is 0.398 e. The fraction of sp³-hybridized carbons (Fsp3) is 0.538. The number of nitrogens with one attached hydrogen (secondary N) is 1. The van der Waals surface area contributed by atoms with Crippen LogP contribution in [0.25, 0.3) is 0 Å². The maximum Gasteiger partial charge on any atom is 0.0541 e. The van der Waals surface area contributed by atoms with Crippen LogP contribution in [-0.2, 0) is 6.54 Å². The Kier molecular flexibility index (Phi) is 7.11. The van der Waals surface area contributed by atoms with E-state index in [9.17, 15) is 5.11 Å². The number of hydrogen-bond donors (Lipinski definition) is 3. The Labute approximate surface area is 137 Å². The number of hydrogen-bond acceptors (Lipinski definition) is 3. The first-order valence-electron chi connectivity index (χ1n) is 6.21. The van der Waals surface area contributed by atoms with Crippen molar-refractivity contribution in [1.29, 1.82) is 0 Å². The minimum absolute atomic E-state index is 0. The standard InChI is InChI=1S/C13H18Br2N2O.ClH/c14-9-5-8(13(16)12(15)6-9)7-17-10-1-3-11(18)4-2-10;/h5-6,10-11,17-18H,1-4,7,16H2;1H. The van der Waals surface area contributed by atoms with Crippen LogP contribution < -0.4 is 11.1 Å². The molecule has 1 aliphatic carbocycles. The fourth-order valence-electron chi connectivity index (χ4n) is 2.32.